The molecule has 4 rings (SSSR count). The van der Waals surface area contributed by atoms with E-state index in [9.17, 15) is 9.90 Å². The van der Waals surface area contributed by atoms with E-state index >= 15 is 0 Å². The number of hydrogen-bond acceptors (Lipinski definition) is 4. The zero-order valence-corrected chi connectivity index (χ0v) is 12.9. The number of hydrogen-bond donors (Lipinski definition) is 1. The highest BCUT2D eigenvalue weighted by molar-refractivity contribution is 5.76. The van der Waals surface area contributed by atoms with E-state index in [4.69, 9.17) is 0 Å². The Bertz CT molecular complexity index is 714. The predicted molar refractivity (Wildman–Crippen MR) is 84.0 cm³/mol. The standard InChI is InChI=1S/C17H20N4O2/c22-16(23)17-8-4-5-13(17)10-20(12-17)11-14-9-18-21(19-14)15-6-2-1-3-7-15/h1-3,6-7,9,13H,4-5,8,10-12H2,(H,22,23)/t13-,17+/m0/s1. The Labute approximate surface area is 134 Å². The minimum absolute atomic E-state index is 0.282. The van der Waals surface area contributed by atoms with Crippen molar-refractivity contribution in [2.45, 2.75) is 25.8 Å². The molecule has 2 atom stereocenters. The molecule has 6 heteroatoms. The lowest BCUT2D eigenvalue weighted by Gasteiger charge is -2.23. The second-order valence-corrected chi connectivity index (χ2v) is 6.68. The number of likely N-dealkylation sites (tertiary alicyclic amines) is 1. The summed E-state index contributed by atoms with van der Waals surface area (Å²) in [6.45, 7) is 2.15. The van der Waals surface area contributed by atoms with E-state index in [-0.39, 0.29) is 5.92 Å². The molecular weight excluding hydrogens is 292 g/mol. The van der Waals surface area contributed by atoms with Crippen LogP contribution in [-0.4, -0.2) is 44.1 Å². The average Bonchev–Trinajstić information content (AvgIpc) is 3.22. The van der Waals surface area contributed by atoms with Gasteiger partial charge in [-0.25, -0.2) is 0 Å². The second-order valence-electron chi connectivity index (χ2n) is 6.68. The molecular formula is C17H20N4O2. The molecule has 0 radical (unpaired) electrons. The molecule has 1 saturated heterocycles. The summed E-state index contributed by atoms with van der Waals surface area (Å²) in [5, 5.41) is 18.5. The molecule has 0 amide bonds. The van der Waals surface area contributed by atoms with Crippen LogP contribution in [0.5, 0.6) is 0 Å². The fourth-order valence-corrected chi connectivity index (χ4v) is 4.15. The van der Waals surface area contributed by atoms with Crippen LogP contribution in [0.25, 0.3) is 5.69 Å². The second kappa shape index (κ2) is 5.45. The largest absolute Gasteiger partial charge is 0.481 e. The molecule has 2 aliphatic rings. The van der Waals surface area contributed by atoms with Crippen molar-refractivity contribution in [2.24, 2.45) is 11.3 Å². The Hall–Kier alpha value is -2.21. The van der Waals surface area contributed by atoms with Crippen LogP contribution in [0, 0.1) is 11.3 Å². The quantitative estimate of drug-likeness (QED) is 0.934. The third-order valence-electron chi connectivity index (χ3n) is 5.28. The molecule has 0 bridgehead atoms. The molecule has 2 aromatic rings. The minimum Gasteiger partial charge on any atom is -0.481 e. The zero-order valence-electron chi connectivity index (χ0n) is 12.9. The third-order valence-corrected chi connectivity index (χ3v) is 5.28. The smallest absolute Gasteiger partial charge is 0.311 e. The Morgan fingerprint density at radius 3 is 2.91 bits per heavy atom. The van der Waals surface area contributed by atoms with Gasteiger partial charge in [-0.05, 0) is 30.9 Å². The molecule has 23 heavy (non-hydrogen) atoms. The summed E-state index contributed by atoms with van der Waals surface area (Å²) in [6, 6.07) is 9.79. The van der Waals surface area contributed by atoms with Gasteiger partial charge in [0.2, 0.25) is 0 Å². The van der Waals surface area contributed by atoms with E-state index in [2.05, 4.69) is 15.1 Å². The maximum atomic E-state index is 11.7. The monoisotopic (exact) mass is 312 g/mol. The summed E-state index contributed by atoms with van der Waals surface area (Å²) >= 11 is 0. The first kappa shape index (κ1) is 14.4. The van der Waals surface area contributed by atoms with Crippen molar-refractivity contribution in [3.63, 3.8) is 0 Å². The molecule has 2 fully saturated rings. The minimum atomic E-state index is -0.629. The van der Waals surface area contributed by atoms with Gasteiger partial charge in [0.15, 0.2) is 0 Å². The maximum Gasteiger partial charge on any atom is 0.311 e. The van der Waals surface area contributed by atoms with Crippen molar-refractivity contribution in [3.05, 3.63) is 42.2 Å². The van der Waals surface area contributed by atoms with E-state index in [1.165, 1.54) is 0 Å². The van der Waals surface area contributed by atoms with Crippen molar-refractivity contribution in [3.8, 4) is 5.69 Å². The highest BCUT2D eigenvalue weighted by Gasteiger charge is 2.54. The summed E-state index contributed by atoms with van der Waals surface area (Å²) in [5.74, 6) is -0.348. The number of benzene rings is 1. The lowest BCUT2D eigenvalue weighted by molar-refractivity contribution is -0.149. The summed E-state index contributed by atoms with van der Waals surface area (Å²) < 4.78 is 0. The van der Waals surface area contributed by atoms with Crippen LogP contribution >= 0.6 is 0 Å². The van der Waals surface area contributed by atoms with Crippen LogP contribution in [0.1, 0.15) is 25.0 Å². The van der Waals surface area contributed by atoms with Gasteiger partial charge in [-0.3, -0.25) is 9.69 Å². The molecule has 1 aliphatic carbocycles. The predicted octanol–water partition coefficient (Wildman–Crippen LogP) is 1.95. The van der Waals surface area contributed by atoms with Gasteiger partial charge >= 0.3 is 5.97 Å². The Kier molecular flexibility index (Phi) is 3.41. The molecule has 6 nitrogen and oxygen atoms in total. The van der Waals surface area contributed by atoms with Crippen LogP contribution in [0.3, 0.4) is 0 Å². The van der Waals surface area contributed by atoms with Crippen LogP contribution in [0.4, 0.5) is 0 Å². The van der Waals surface area contributed by atoms with Gasteiger partial charge in [0, 0.05) is 19.6 Å². The van der Waals surface area contributed by atoms with Crippen LogP contribution in [-0.2, 0) is 11.3 Å². The van der Waals surface area contributed by atoms with Crippen molar-refractivity contribution >= 4 is 5.97 Å². The SMILES string of the molecule is O=C(O)[C@@]12CCC[C@H]1CN(Cc1cnn(-c3ccccc3)n1)C2. The number of nitrogens with zero attached hydrogens (tertiary/aromatic N) is 4. The Balaban J connectivity index is 1.48. The summed E-state index contributed by atoms with van der Waals surface area (Å²) in [6.07, 6.45) is 4.64. The summed E-state index contributed by atoms with van der Waals surface area (Å²) in [7, 11) is 0. The van der Waals surface area contributed by atoms with E-state index in [0.29, 0.717) is 13.1 Å². The highest BCUT2D eigenvalue weighted by Crippen LogP contribution is 2.49. The first-order valence-corrected chi connectivity index (χ1v) is 8.10. The number of carboxylic acid groups (broad SMARTS) is 1. The molecule has 0 spiro atoms. The molecule has 1 aliphatic heterocycles. The van der Waals surface area contributed by atoms with Crippen LogP contribution in [0.2, 0.25) is 0 Å². The number of carbonyl (C=O) groups is 1. The topological polar surface area (TPSA) is 71.2 Å². The summed E-state index contributed by atoms with van der Waals surface area (Å²) in [4.78, 5) is 15.6. The van der Waals surface area contributed by atoms with Gasteiger partial charge in [0.1, 0.15) is 0 Å². The first-order valence-electron chi connectivity index (χ1n) is 8.10. The van der Waals surface area contributed by atoms with Crippen molar-refractivity contribution < 1.29 is 9.90 Å². The fourth-order valence-electron chi connectivity index (χ4n) is 4.15. The van der Waals surface area contributed by atoms with Crippen LogP contribution < -0.4 is 0 Å². The average molecular weight is 312 g/mol. The number of fused-ring (bicyclic) bond motifs is 1. The zero-order chi connectivity index (χ0) is 15.9. The van der Waals surface area contributed by atoms with Gasteiger partial charge in [-0.2, -0.15) is 15.0 Å². The molecule has 1 saturated carbocycles. The van der Waals surface area contributed by atoms with E-state index in [1.54, 1.807) is 11.0 Å². The fraction of sp³-hybridized carbons (Fsp3) is 0.471. The molecule has 1 aromatic heterocycles. The number of para-hydroxylation sites is 1. The Morgan fingerprint density at radius 1 is 1.35 bits per heavy atom. The normalized spacial score (nSPS) is 27.2. The van der Waals surface area contributed by atoms with Gasteiger partial charge in [-0.1, -0.05) is 24.6 Å². The van der Waals surface area contributed by atoms with E-state index in [1.807, 2.05) is 30.3 Å². The molecule has 2 heterocycles. The number of rotatable bonds is 4. The number of aliphatic carboxylic acids is 1. The van der Waals surface area contributed by atoms with Gasteiger partial charge in [0.25, 0.3) is 0 Å². The van der Waals surface area contributed by atoms with Gasteiger partial charge in [-0.15, -0.1) is 0 Å². The van der Waals surface area contributed by atoms with Gasteiger partial charge in [0.05, 0.1) is 23.0 Å². The third kappa shape index (κ3) is 2.43. The highest BCUT2D eigenvalue weighted by atomic mass is 16.4. The lowest BCUT2D eigenvalue weighted by Crippen LogP contribution is -2.35. The molecule has 1 N–H and O–H groups in total. The first-order chi connectivity index (χ1) is 11.2. The molecule has 0 unspecified atom stereocenters. The van der Waals surface area contributed by atoms with Crippen molar-refractivity contribution in [2.75, 3.05) is 13.1 Å². The van der Waals surface area contributed by atoms with E-state index < -0.39 is 11.4 Å². The lowest BCUT2D eigenvalue weighted by atomic mass is 9.81. The van der Waals surface area contributed by atoms with Crippen LogP contribution in [0.15, 0.2) is 36.5 Å². The number of carboxylic acids is 1. The Morgan fingerprint density at radius 2 is 2.17 bits per heavy atom. The van der Waals surface area contributed by atoms with Crippen molar-refractivity contribution in [1.29, 1.82) is 0 Å². The summed E-state index contributed by atoms with van der Waals surface area (Å²) in [5.41, 5.74) is 1.28. The van der Waals surface area contributed by atoms with E-state index in [0.717, 1.165) is 37.2 Å². The molecule has 120 valence electrons. The molecule has 1 aromatic carbocycles. The van der Waals surface area contributed by atoms with Crippen molar-refractivity contribution in [1.82, 2.24) is 19.9 Å². The van der Waals surface area contributed by atoms with Gasteiger partial charge < -0.3 is 5.11 Å². The maximum absolute atomic E-state index is 11.7. The number of aromatic nitrogens is 3.